The van der Waals surface area contributed by atoms with Crippen molar-refractivity contribution in [3.8, 4) is 0 Å². The van der Waals surface area contributed by atoms with Crippen LogP contribution in [0.1, 0.15) is 24.5 Å². The third kappa shape index (κ3) is 4.54. The highest BCUT2D eigenvalue weighted by Gasteiger charge is 2.07. The lowest BCUT2D eigenvalue weighted by Gasteiger charge is -2.14. The van der Waals surface area contributed by atoms with Crippen LogP contribution in [0.4, 0.5) is 11.5 Å². The third-order valence-corrected chi connectivity index (χ3v) is 4.82. The molecule has 26 heavy (non-hydrogen) atoms. The fraction of sp³-hybridized carbons (Fsp3) is 0.286. The highest BCUT2D eigenvalue weighted by Crippen LogP contribution is 2.28. The molecule has 0 aliphatic carbocycles. The molecule has 0 spiro atoms. The van der Waals surface area contributed by atoms with Gasteiger partial charge in [-0.1, -0.05) is 53.5 Å². The van der Waals surface area contributed by atoms with Gasteiger partial charge in [0.2, 0.25) is 0 Å². The van der Waals surface area contributed by atoms with Gasteiger partial charge >= 0.3 is 0 Å². The number of aromatic nitrogens is 1. The van der Waals surface area contributed by atoms with Gasteiger partial charge in [0, 0.05) is 41.2 Å². The molecule has 3 rings (SSSR count). The van der Waals surface area contributed by atoms with E-state index in [0.29, 0.717) is 6.54 Å². The average molecular weight is 413 g/mol. The van der Waals surface area contributed by atoms with Gasteiger partial charge in [-0.3, -0.25) is 0 Å². The summed E-state index contributed by atoms with van der Waals surface area (Å²) in [7, 11) is 0. The second-order valence-electron chi connectivity index (χ2n) is 6.30. The maximum atomic E-state index is 5.67. The number of hydrogen-bond acceptors (Lipinski definition) is 4. The molecule has 4 nitrogen and oxygen atoms in total. The molecule has 0 aliphatic rings. The summed E-state index contributed by atoms with van der Waals surface area (Å²) in [6.45, 7) is 4.29. The summed E-state index contributed by atoms with van der Waals surface area (Å²) in [5.41, 5.74) is 10.4. The van der Waals surface area contributed by atoms with Gasteiger partial charge in [-0.25, -0.2) is 4.98 Å². The Balaban J connectivity index is 1.87. The molecule has 0 saturated carbocycles. The van der Waals surface area contributed by atoms with Crippen LogP contribution in [0.15, 0.2) is 53.0 Å². The molecule has 0 atom stereocenters. The largest absolute Gasteiger partial charge is 0.383 e. The van der Waals surface area contributed by atoms with Crippen LogP contribution < -0.4 is 16.4 Å². The molecule has 0 amide bonds. The van der Waals surface area contributed by atoms with E-state index in [0.717, 1.165) is 52.8 Å². The number of halogens is 1. The predicted octanol–water partition coefficient (Wildman–Crippen LogP) is 4.93. The van der Waals surface area contributed by atoms with E-state index >= 15 is 0 Å². The van der Waals surface area contributed by atoms with E-state index in [4.69, 9.17) is 10.7 Å². The van der Waals surface area contributed by atoms with Crippen molar-refractivity contribution in [1.82, 2.24) is 4.98 Å². The number of pyridine rings is 1. The van der Waals surface area contributed by atoms with Crippen LogP contribution in [0, 0.1) is 0 Å². The molecule has 3 aromatic rings. The standard InChI is InChI=1S/C21H25BrN4/c1-2-5-15-6-3-4-7-16(15)14-25-21-13-20(24-11-10-23)18-12-17(22)8-9-19(18)26-21/h3-4,6-9,12-13H,2,5,10-11,14,23H2,1H3,(H2,24,25,26). The van der Waals surface area contributed by atoms with Crippen LogP contribution in [0.5, 0.6) is 0 Å². The van der Waals surface area contributed by atoms with E-state index in [-0.39, 0.29) is 0 Å². The lowest BCUT2D eigenvalue weighted by atomic mass is 10.0. The number of aryl methyl sites for hydroxylation is 1. The summed E-state index contributed by atoms with van der Waals surface area (Å²) in [6.07, 6.45) is 2.24. The Kier molecular flexibility index (Phi) is 6.47. The Hall–Kier alpha value is -2.11. The first-order valence-corrected chi connectivity index (χ1v) is 9.85. The lowest BCUT2D eigenvalue weighted by Crippen LogP contribution is -2.14. The Labute approximate surface area is 163 Å². The lowest BCUT2D eigenvalue weighted by molar-refractivity contribution is 0.900. The first kappa shape index (κ1) is 18.7. The van der Waals surface area contributed by atoms with Gasteiger partial charge in [0.1, 0.15) is 5.82 Å². The topological polar surface area (TPSA) is 63.0 Å². The van der Waals surface area contributed by atoms with Crippen LogP contribution >= 0.6 is 15.9 Å². The fourth-order valence-corrected chi connectivity index (χ4v) is 3.43. The molecule has 2 aromatic carbocycles. The van der Waals surface area contributed by atoms with Gasteiger partial charge in [0.25, 0.3) is 0 Å². The summed E-state index contributed by atoms with van der Waals surface area (Å²) >= 11 is 3.54. The summed E-state index contributed by atoms with van der Waals surface area (Å²) in [5, 5.41) is 7.99. The maximum absolute atomic E-state index is 5.67. The zero-order valence-corrected chi connectivity index (χ0v) is 16.6. The van der Waals surface area contributed by atoms with Crippen molar-refractivity contribution in [2.45, 2.75) is 26.3 Å². The normalized spacial score (nSPS) is 10.9. The van der Waals surface area contributed by atoms with E-state index in [1.54, 1.807) is 0 Å². The molecule has 4 N–H and O–H groups in total. The first-order valence-electron chi connectivity index (χ1n) is 9.06. The van der Waals surface area contributed by atoms with E-state index in [2.05, 4.69) is 69.9 Å². The van der Waals surface area contributed by atoms with E-state index < -0.39 is 0 Å². The average Bonchev–Trinajstić information content (AvgIpc) is 2.66. The number of nitrogens with zero attached hydrogens (tertiary/aromatic N) is 1. The molecular weight excluding hydrogens is 388 g/mol. The van der Waals surface area contributed by atoms with Crippen molar-refractivity contribution in [3.63, 3.8) is 0 Å². The molecule has 136 valence electrons. The molecule has 0 bridgehead atoms. The molecule has 0 radical (unpaired) electrons. The van der Waals surface area contributed by atoms with Crippen molar-refractivity contribution >= 4 is 38.3 Å². The van der Waals surface area contributed by atoms with Crippen molar-refractivity contribution in [2.75, 3.05) is 23.7 Å². The van der Waals surface area contributed by atoms with Crippen molar-refractivity contribution < 1.29 is 0 Å². The van der Waals surface area contributed by atoms with Crippen molar-refractivity contribution in [2.24, 2.45) is 5.73 Å². The number of anilines is 2. The van der Waals surface area contributed by atoms with E-state index in [1.807, 2.05) is 12.1 Å². The van der Waals surface area contributed by atoms with Crippen LogP contribution in [0.3, 0.4) is 0 Å². The van der Waals surface area contributed by atoms with Crippen molar-refractivity contribution in [3.05, 3.63) is 64.1 Å². The SMILES string of the molecule is CCCc1ccccc1CNc1cc(NCCN)c2cc(Br)ccc2n1. The summed E-state index contributed by atoms with van der Waals surface area (Å²) in [6, 6.07) is 16.8. The maximum Gasteiger partial charge on any atom is 0.128 e. The van der Waals surface area contributed by atoms with Gasteiger partial charge < -0.3 is 16.4 Å². The number of nitrogens with one attached hydrogen (secondary N) is 2. The van der Waals surface area contributed by atoms with Crippen LogP contribution in [0.2, 0.25) is 0 Å². The van der Waals surface area contributed by atoms with Crippen LogP contribution in [-0.2, 0) is 13.0 Å². The smallest absolute Gasteiger partial charge is 0.128 e. The molecule has 0 saturated heterocycles. The second kappa shape index (κ2) is 9.01. The van der Waals surface area contributed by atoms with Gasteiger partial charge in [-0.05, 0) is 35.7 Å². The minimum Gasteiger partial charge on any atom is -0.383 e. The quantitative estimate of drug-likeness (QED) is 0.490. The molecule has 0 unspecified atom stereocenters. The number of nitrogens with two attached hydrogens (primary N) is 1. The molecule has 5 heteroatoms. The van der Waals surface area contributed by atoms with Crippen LogP contribution in [0.25, 0.3) is 10.9 Å². The van der Waals surface area contributed by atoms with Crippen LogP contribution in [-0.4, -0.2) is 18.1 Å². The highest BCUT2D eigenvalue weighted by atomic mass is 79.9. The number of hydrogen-bond donors (Lipinski definition) is 3. The summed E-state index contributed by atoms with van der Waals surface area (Å²) in [4.78, 5) is 4.77. The van der Waals surface area contributed by atoms with Crippen molar-refractivity contribution in [1.29, 1.82) is 0 Å². The zero-order chi connectivity index (χ0) is 18.4. The predicted molar refractivity (Wildman–Crippen MR) is 115 cm³/mol. The Morgan fingerprint density at radius 2 is 1.85 bits per heavy atom. The monoisotopic (exact) mass is 412 g/mol. The van der Waals surface area contributed by atoms with E-state index in [1.165, 1.54) is 11.1 Å². The zero-order valence-electron chi connectivity index (χ0n) is 15.1. The minimum atomic E-state index is 0.588. The highest BCUT2D eigenvalue weighted by molar-refractivity contribution is 9.10. The van der Waals surface area contributed by atoms with Gasteiger partial charge in [0.15, 0.2) is 0 Å². The Morgan fingerprint density at radius 1 is 1.04 bits per heavy atom. The first-order chi connectivity index (χ1) is 12.7. The Bertz CT molecular complexity index is 879. The Morgan fingerprint density at radius 3 is 2.62 bits per heavy atom. The number of rotatable bonds is 8. The second-order valence-corrected chi connectivity index (χ2v) is 7.22. The fourth-order valence-electron chi connectivity index (χ4n) is 3.07. The van der Waals surface area contributed by atoms with E-state index in [9.17, 15) is 0 Å². The summed E-state index contributed by atoms with van der Waals surface area (Å²) in [5.74, 6) is 0.866. The van der Waals surface area contributed by atoms with Gasteiger partial charge in [-0.15, -0.1) is 0 Å². The number of fused-ring (bicyclic) bond motifs is 1. The van der Waals surface area contributed by atoms with Gasteiger partial charge in [0.05, 0.1) is 5.52 Å². The molecule has 0 fully saturated rings. The minimum absolute atomic E-state index is 0.588. The molecule has 1 aromatic heterocycles. The third-order valence-electron chi connectivity index (χ3n) is 4.33. The van der Waals surface area contributed by atoms with Gasteiger partial charge in [-0.2, -0.15) is 0 Å². The molecular formula is C21H25BrN4. The summed E-state index contributed by atoms with van der Waals surface area (Å²) < 4.78 is 1.04. The molecule has 1 heterocycles. The number of benzene rings is 2. The molecule has 0 aliphatic heterocycles.